The van der Waals surface area contributed by atoms with Crippen molar-refractivity contribution in [2.24, 2.45) is 5.92 Å². The van der Waals surface area contributed by atoms with E-state index in [0.717, 1.165) is 6.92 Å². The van der Waals surface area contributed by atoms with Gasteiger partial charge in [0.2, 0.25) is 5.78 Å². The summed E-state index contributed by atoms with van der Waals surface area (Å²) in [5, 5.41) is 0. The molecule has 4 nitrogen and oxygen atoms in total. The monoisotopic (exact) mass is 308 g/mol. The van der Waals surface area contributed by atoms with E-state index in [9.17, 15) is 31.2 Å². The van der Waals surface area contributed by atoms with E-state index in [1.807, 2.05) is 0 Å². The van der Waals surface area contributed by atoms with Crippen molar-refractivity contribution >= 4 is 21.4 Å². The van der Waals surface area contributed by atoms with Crippen LogP contribution in [0.15, 0.2) is 35.2 Å². The number of sulfone groups is 1. The van der Waals surface area contributed by atoms with Gasteiger partial charge in [-0.1, -0.05) is 18.2 Å². The molecule has 0 saturated carbocycles. The van der Waals surface area contributed by atoms with Crippen LogP contribution in [-0.4, -0.2) is 31.9 Å². The second-order valence-corrected chi connectivity index (χ2v) is 6.15. The minimum Gasteiger partial charge on any atom is -0.299 e. The molecule has 0 saturated heterocycles. The average Bonchev–Trinajstić information content (AvgIpc) is 2.35. The Morgan fingerprint density at radius 2 is 1.65 bits per heavy atom. The lowest BCUT2D eigenvalue weighted by molar-refractivity contribution is -0.175. The van der Waals surface area contributed by atoms with Gasteiger partial charge >= 0.3 is 6.18 Å². The summed E-state index contributed by atoms with van der Waals surface area (Å²) in [6.07, 6.45) is -5.25. The molecule has 0 amide bonds. The Morgan fingerprint density at radius 3 is 2.05 bits per heavy atom. The van der Waals surface area contributed by atoms with Gasteiger partial charge in [0.25, 0.3) is 0 Å². The van der Waals surface area contributed by atoms with E-state index in [1.165, 1.54) is 30.3 Å². The first-order valence-electron chi connectivity index (χ1n) is 5.45. The third-order valence-electron chi connectivity index (χ3n) is 2.58. The number of carbonyl (C=O) groups excluding carboxylic acids is 2. The van der Waals surface area contributed by atoms with Crippen molar-refractivity contribution in [2.75, 3.05) is 5.75 Å². The standard InChI is InChI=1S/C12H11F3O4S/c1-8(16)10(11(17)12(13,14)15)7-20(18,19)9-5-3-2-4-6-9/h2-6,10H,7H2,1H3. The molecule has 0 aromatic heterocycles. The van der Waals surface area contributed by atoms with Gasteiger partial charge in [-0.2, -0.15) is 13.2 Å². The van der Waals surface area contributed by atoms with Crippen molar-refractivity contribution in [1.82, 2.24) is 0 Å². The van der Waals surface area contributed by atoms with Crippen molar-refractivity contribution in [3.63, 3.8) is 0 Å². The van der Waals surface area contributed by atoms with E-state index in [2.05, 4.69) is 0 Å². The lowest BCUT2D eigenvalue weighted by atomic mass is 10.0. The van der Waals surface area contributed by atoms with E-state index in [1.54, 1.807) is 0 Å². The maximum Gasteiger partial charge on any atom is 0.450 e. The first kappa shape index (κ1) is 16.4. The molecule has 1 unspecified atom stereocenters. The van der Waals surface area contributed by atoms with Crippen molar-refractivity contribution in [3.8, 4) is 0 Å². The SMILES string of the molecule is CC(=O)C(CS(=O)(=O)c1ccccc1)C(=O)C(F)(F)F. The molecule has 0 radical (unpaired) electrons. The van der Waals surface area contributed by atoms with Crippen LogP contribution >= 0.6 is 0 Å². The van der Waals surface area contributed by atoms with E-state index >= 15 is 0 Å². The minimum absolute atomic E-state index is 0.235. The summed E-state index contributed by atoms with van der Waals surface area (Å²) >= 11 is 0. The molecule has 0 spiro atoms. The number of carbonyl (C=O) groups is 2. The molecule has 1 rings (SSSR count). The Morgan fingerprint density at radius 1 is 1.15 bits per heavy atom. The number of Topliss-reactive ketones (excluding diaryl/α,β-unsaturated/α-hetero) is 2. The normalized spacial score (nSPS) is 13.8. The van der Waals surface area contributed by atoms with Gasteiger partial charge in [0.1, 0.15) is 5.78 Å². The predicted octanol–water partition coefficient (Wildman–Crippen LogP) is 1.80. The molecule has 8 heteroatoms. The first-order valence-corrected chi connectivity index (χ1v) is 7.10. The summed E-state index contributed by atoms with van der Waals surface area (Å²) < 4.78 is 60.8. The Kier molecular flexibility index (Phi) is 4.69. The molecule has 0 N–H and O–H groups in total. The van der Waals surface area contributed by atoms with Crippen LogP contribution in [0, 0.1) is 5.92 Å². The van der Waals surface area contributed by atoms with E-state index < -0.39 is 39.3 Å². The number of rotatable bonds is 5. The van der Waals surface area contributed by atoms with Gasteiger partial charge in [-0.25, -0.2) is 8.42 Å². The van der Waals surface area contributed by atoms with Gasteiger partial charge in [-0.05, 0) is 19.1 Å². The molecule has 110 valence electrons. The molecule has 1 atom stereocenters. The van der Waals surface area contributed by atoms with Crippen molar-refractivity contribution in [1.29, 1.82) is 0 Å². The van der Waals surface area contributed by atoms with Crippen molar-refractivity contribution in [2.45, 2.75) is 18.0 Å². The van der Waals surface area contributed by atoms with Crippen LogP contribution in [0.4, 0.5) is 13.2 Å². The Hall–Kier alpha value is -1.70. The zero-order valence-corrected chi connectivity index (χ0v) is 11.2. The lowest BCUT2D eigenvalue weighted by Gasteiger charge is -2.14. The second kappa shape index (κ2) is 5.74. The molecule has 0 heterocycles. The fraction of sp³-hybridized carbons (Fsp3) is 0.333. The van der Waals surface area contributed by atoms with E-state index in [4.69, 9.17) is 0 Å². The topological polar surface area (TPSA) is 68.3 Å². The fourth-order valence-electron chi connectivity index (χ4n) is 1.52. The first-order chi connectivity index (χ1) is 9.05. The van der Waals surface area contributed by atoms with Crippen LogP contribution in [0.5, 0.6) is 0 Å². The van der Waals surface area contributed by atoms with Gasteiger partial charge in [0.05, 0.1) is 16.6 Å². The van der Waals surface area contributed by atoms with Crippen molar-refractivity contribution < 1.29 is 31.2 Å². The molecule has 20 heavy (non-hydrogen) atoms. The van der Waals surface area contributed by atoms with E-state index in [-0.39, 0.29) is 4.90 Å². The van der Waals surface area contributed by atoms with Gasteiger partial charge in [-0.3, -0.25) is 9.59 Å². The number of benzene rings is 1. The maximum absolute atomic E-state index is 12.3. The minimum atomic E-state index is -5.25. The Bertz CT molecular complexity index is 605. The molecule has 0 aliphatic heterocycles. The number of hydrogen-bond donors (Lipinski definition) is 0. The van der Waals surface area contributed by atoms with Crippen LogP contribution in [0.3, 0.4) is 0 Å². The van der Waals surface area contributed by atoms with Crippen LogP contribution in [-0.2, 0) is 19.4 Å². The van der Waals surface area contributed by atoms with Crippen LogP contribution in [0.25, 0.3) is 0 Å². The van der Waals surface area contributed by atoms with Gasteiger partial charge < -0.3 is 0 Å². The highest BCUT2D eigenvalue weighted by atomic mass is 32.2. The molecular formula is C12H11F3O4S. The smallest absolute Gasteiger partial charge is 0.299 e. The third-order valence-corrected chi connectivity index (χ3v) is 4.34. The summed E-state index contributed by atoms with van der Waals surface area (Å²) in [5.41, 5.74) is 0. The van der Waals surface area contributed by atoms with Gasteiger partial charge in [-0.15, -0.1) is 0 Å². The largest absolute Gasteiger partial charge is 0.450 e. The summed E-state index contributed by atoms with van der Waals surface area (Å²) in [5.74, 6) is -6.90. The zero-order valence-electron chi connectivity index (χ0n) is 10.3. The molecule has 0 bridgehead atoms. The lowest BCUT2D eigenvalue weighted by Crippen LogP contribution is -2.38. The van der Waals surface area contributed by atoms with Crippen LogP contribution in [0.1, 0.15) is 6.92 Å². The maximum atomic E-state index is 12.3. The Labute approximate surface area is 113 Å². The summed E-state index contributed by atoms with van der Waals surface area (Å²) in [6.45, 7) is 0.759. The number of ketones is 2. The van der Waals surface area contributed by atoms with Crippen LogP contribution in [0.2, 0.25) is 0 Å². The highest BCUT2D eigenvalue weighted by Crippen LogP contribution is 2.24. The van der Waals surface area contributed by atoms with Crippen molar-refractivity contribution in [3.05, 3.63) is 30.3 Å². The Balaban J connectivity index is 3.10. The summed E-state index contributed by atoms with van der Waals surface area (Å²) in [6, 6.07) is 6.68. The van der Waals surface area contributed by atoms with Crippen LogP contribution < -0.4 is 0 Å². The summed E-state index contributed by atoms with van der Waals surface area (Å²) in [7, 11) is -4.15. The molecule has 1 aromatic rings. The second-order valence-electron chi connectivity index (χ2n) is 4.12. The molecular weight excluding hydrogens is 297 g/mol. The number of hydrogen-bond acceptors (Lipinski definition) is 4. The highest BCUT2D eigenvalue weighted by Gasteiger charge is 2.46. The zero-order chi connectivity index (χ0) is 15.6. The molecule has 0 fully saturated rings. The van der Waals surface area contributed by atoms with Gasteiger partial charge in [0.15, 0.2) is 9.84 Å². The third kappa shape index (κ3) is 3.89. The summed E-state index contributed by atoms with van der Waals surface area (Å²) in [4.78, 5) is 22.0. The quantitative estimate of drug-likeness (QED) is 0.778. The number of halogens is 3. The molecule has 0 aliphatic rings. The average molecular weight is 308 g/mol. The highest BCUT2D eigenvalue weighted by molar-refractivity contribution is 7.91. The fourth-order valence-corrected chi connectivity index (χ4v) is 3.11. The van der Waals surface area contributed by atoms with E-state index in [0.29, 0.717) is 0 Å². The predicted molar refractivity (Wildman–Crippen MR) is 63.7 cm³/mol. The molecule has 1 aromatic carbocycles. The van der Waals surface area contributed by atoms with Gasteiger partial charge in [0, 0.05) is 0 Å². The molecule has 0 aliphatic carbocycles. The number of alkyl halides is 3.